The molecular weight excluding hydrogens is 487 g/mol. The van der Waals surface area contributed by atoms with Crippen molar-refractivity contribution in [2.24, 2.45) is 5.92 Å². The predicted octanol–water partition coefficient (Wildman–Crippen LogP) is 5.72. The van der Waals surface area contributed by atoms with Gasteiger partial charge in [-0.25, -0.2) is 9.59 Å². The topological polar surface area (TPSA) is 106 Å². The fourth-order valence-corrected chi connectivity index (χ4v) is 4.44. The van der Waals surface area contributed by atoms with Crippen LogP contribution in [0.5, 0.6) is 5.75 Å². The lowest BCUT2D eigenvalue weighted by Gasteiger charge is -2.13. The van der Waals surface area contributed by atoms with Gasteiger partial charge in [-0.3, -0.25) is 10.1 Å². The largest absolute Gasteiger partial charge is 0.507 e. The molecule has 0 spiro atoms. The first-order valence-electron chi connectivity index (χ1n) is 11.0. The highest BCUT2D eigenvalue weighted by atomic mass is 32.1. The molecule has 2 aromatic rings. The van der Waals surface area contributed by atoms with E-state index in [0.717, 1.165) is 0 Å². The van der Waals surface area contributed by atoms with Crippen molar-refractivity contribution in [3.63, 3.8) is 0 Å². The van der Waals surface area contributed by atoms with E-state index in [9.17, 15) is 32.7 Å². The van der Waals surface area contributed by atoms with Crippen LogP contribution >= 0.6 is 11.3 Å². The summed E-state index contributed by atoms with van der Waals surface area (Å²) in [4.78, 5) is 37.6. The summed E-state index contributed by atoms with van der Waals surface area (Å²) >= 11 is 1.19. The van der Waals surface area contributed by atoms with E-state index in [1.807, 2.05) is 0 Å². The minimum absolute atomic E-state index is 0.127. The van der Waals surface area contributed by atoms with Crippen molar-refractivity contribution in [1.82, 2.24) is 5.32 Å². The van der Waals surface area contributed by atoms with Crippen molar-refractivity contribution in [2.75, 3.05) is 7.11 Å². The second kappa shape index (κ2) is 12.6. The minimum atomic E-state index is -4.24. The average Bonchev–Trinajstić information content (AvgIpc) is 3.23. The van der Waals surface area contributed by atoms with Crippen LogP contribution in [-0.2, 0) is 17.6 Å². The first kappa shape index (κ1) is 28.2. The number of rotatable bonds is 11. The van der Waals surface area contributed by atoms with Gasteiger partial charge >= 0.3 is 17.9 Å². The van der Waals surface area contributed by atoms with Crippen LogP contribution < -0.4 is 10.9 Å². The summed E-state index contributed by atoms with van der Waals surface area (Å²) in [5, 5.41) is 12.8. The van der Waals surface area contributed by atoms with Gasteiger partial charge in [-0.1, -0.05) is 19.9 Å². The number of alkyl carbamates (subject to hydrolysis) is 1. The lowest BCUT2D eigenvalue weighted by Crippen LogP contribution is -2.22. The summed E-state index contributed by atoms with van der Waals surface area (Å²) in [6.07, 6.45) is -1.44. The maximum atomic E-state index is 12.8. The van der Waals surface area contributed by atoms with E-state index in [-0.39, 0.29) is 24.5 Å². The lowest BCUT2D eigenvalue weighted by atomic mass is 9.95. The summed E-state index contributed by atoms with van der Waals surface area (Å²) in [5.41, 5.74) is -1.38. The molecule has 2 aromatic heterocycles. The van der Waals surface area contributed by atoms with E-state index >= 15 is 0 Å². The number of carbonyl (C=O) groups is 2. The number of Topliss-reactive ketones (excluding diaryl/α,β-unsaturated/α-hetero) is 1. The number of ether oxygens (including phenoxy) is 1. The summed E-state index contributed by atoms with van der Waals surface area (Å²) in [7, 11) is 1.25. The third-order valence-electron chi connectivity index (χ3n) is 5.28. The molecule has 0 aromatic carbocycles. The van der Waals surface area contributed by atoms with Crippen LogP contribution in [0.25, 0.3) is 0 Å². The number of carbonyl (C=O) groups excluding carboxylic acids is 2. The number of methoxy groups -OCH3 is 1. The molecule has 7 nitrogen and oxygen atoms in total. The van der Waals surface area contributed by atoms with Gasteiger partial charge in [-0.2, -0.15) is 13.2 Å². The molecule has 2 atom stereocenters. The zero-order chi connectivity index (χ0) is 26.2. The molecule has 2 N–H and O–H groups in total. The second-order valence-corrected chi connectivity index (χ2v) is 9.42. The fraction of sp³-hybridized carbons (Fsp3) is 0.458. The molecular formula is C24H28F3NO6S. The predicted molar refractivity (Wildman–Crippen MR) is 125 cm³/mol. The molecule has 0 radical (unpaired) electrons. The number of halogens is 3. The Morgan fingerprint density at radius 2 is 1.94 bits per heavy atom. The van der Waals surface area contributed by atoms with E-state index in [2.05, 4.69) is 10.1 Å². The number of aromatic hydroxyl groups is 1. The summed E-state index contributed by atoms with van der Waals surface area (Å²) in [6, 6.07) is 4.52. The highest BCUT2D eigenvalue weighted by molar-refractivity contribution is 7.12. The Bertz CT molecular complexity index is 1110. The van der Waals surface area contributed by atoms with Crippen LogP contribution in [0.4, 0.5) is 18.0 Å². The maximum Gasteiger partial charge on any atom is 0.410 e. The van der Waals surface area contributed by atoms with Gasteiger partial charge in [0.05, 0.1) is 7.11 Å². The van der Waals surface area contributed by atoms with Crippen molar-refractivity contribution >= 4 is 23.2 Å². The van der Waals surface area contributed by atoms with Crippen LogP contribution in [-0.4, -0.2) is 30.3 Å². The standard InChI is InChI=1S/C24H28F3NO6S/c1-14(6-4-5-11-28-23(32)33-3)19-13-18(29)20(22(31)34-19)21(30)15(2)12-17-8-7-16(35-17)9-10-24(25,26)27/h5,7-8,11,13-15,29H,4,6,9-10,12H2,1-3H3,(H,28,32)/b11-5+. The van der Waals surface area contributed by atoms with Crippen molar-refractivity contribution in [3.8, 4) is 5.75 Å². The van der Waals surface area contributed by atoms with Crippen LogP contribution in [0.2, 0.25) is 0 Å². The van der Waals surface area contributed by atoms with Crippen molar-refractivity contribution < 1.29 is 37.0 Å². The number of nitrogens with one attached hydrogen (secondary N) is 1. The zero-order valence-corrected chi connectivity index (χ0v) is 20.4. The third kappa shape index (κ3) is 8.89. The normalized spacial score (nSPS) is 13.5. The number of alkyl halides is 3. The van der Waals surface area contributed by atoms with Gasteiger partial charge in [0.25, 0.3) is 0 Å². The average molecular weight is 516 g/mol. The molecule has 11 heteroatoms. The molecule has 0 bridgehead atoms. The number of thiophene rings is 1. The molecule has 35 heavy (non-hydrogen) atoms. The summed E-state index contributed by atoms with van der Waals surface area (Å²) in [6.45, 7) is 3.37. The number of hydrogen-bond acceptors (Lipinski definition) is 7. The van der Waals surface area contributed by atoms with E-state index in [1.165, 1.54) is 30.7 Å². The van der Waals surface area contributed by atoms with Gasteiger partial charge < -0.3 is 14.3 Å². The van der Waals surface area contributed by atoms with Gasteiger partial charge in [0, 0.05) is 40.3 Å². The third-order valence-corrected chi connectivity index (χ3v) is 6.45. The lowest BCUT2D eigenvalue weighted by molar-refractivity contribution is -0.133. The quantitative estimate of drug-likeness (QED) is 0.371. The molecule has 0 aliphatic carbocycles. The van der Waals surface area contributed by atoms with E-state index in [4.69, 9.17) is 4.42 Å². The van der Waals surface area contributed by atoms with Gasteiger partial charge in [-0.05, 0) is 37.8 Å². The molecule has 0 aliphatic heterocycles. The maximum absolute atomic E-state index is 12.8. The summed E-state index contributed by atoms with van der Waals surface area (Å²) in [5.74, 6) is -1.79. The molecule has 192 valence electrons. The Labute approximate surface area is 204 Å². The first-order chi connectivity index (χ1) is 16.4. The summed E-state index contributed by atoms with van der Waals surface area (Å²) < 4.78 is 47.0. The molecule has 2 unspecified atom stereocenters. The van der Waals surface area contributed by atoms with Gasteiger partial charge in [0.15, 0.2) is 5.78 Å². The van der Waals surface area contributed by atoms with E-state index < -0.39 is 47.3 Å². The van der Waals surface area contributed by atoms with Crippen molar-refractivity contribution in [2.45, 2.75) is 58.0 Å². The first-order valence-corrected chi connectivity index (χ1v) is 11.8. The van der Waals surface area contributed by atoms with E-state index in [1.54, 1.807) is 32.1 Å². The SMILES string of the molecule is COC(=O)N/C=C/CCC(C)c1cc(O)c(C(=O)C(C)Cc2ccc(CCC(F)(F)F)s2)c(=O)o1. The van der Waals surface area contributed by atoms with Crippen LogP contribution in [0.3, 0.4) is 0 Å². The molecule has 0 aliphatic rings. The molecule has 0 saturated heterocycles. The highest BCUT2D eigenvalue weighted by Gasteiger charge is 2.28. The van der Waals surface area contributed by atoms with Gasteiger partial charge in [-0.15, -0.1) is 11.3 Å². The van der Waals surface area contributed by atoms with Crippen molar-refractivity contribution in [3.05, 3.63) is 62.0 Å². The van der Waals surface area contributed by atoms with Crippen LogP contribution in [0.1, 0.15) is 64.9 Å². The monoisotopic (exact) mass is 515 g/mol. The molecule has 0 saturated carbocycles. The number of allylic oxidation sites excluding steroid dienone is 1. The van der Waals surface area contributed by atoms with Gasteiger partial charge in [0.1, 0.15) is 17.1 Å². The fourth-order valence-electron chi connectivity index (χ4n) is 3.30. The molecule has 2 heterocycles. The number of hydrogen-bond donors (Lipinski definition) is 2. The molecule has 1 amide bonds. The number of amides is 1. The second-order valence-electron chi connectivity index (χ2n) is 8.17. The molecule has 0 fully saturated rings. The molecule has 2 rings (SSSR count). The number of aryl methyl sites for hydroxylation is 1. The Morgan fingerprint density at radius 1 is 1.26 bits per heavy atom. The van der Waals surface area contributed by atoms with Crippen molar-refractivity contribution in [1.29, 1.82) is 0 Å². The highest BCUT2D eigenvalue weighted by Crippen LogP contribution is 2.29. The Hall–Kier alpha value is -3.08. The Kier molecular flexibility index (Phi) is 10.1. The van der Waals surface area contributed by atoms with Crippen LogP contribution in [0, 0.1) is 5.92 Å². The minimum Gasteiger partial charge on any atom is -0.507 e. The Balaban J connectivity index is 2.01. The van der Waals surface area contributed by atoms with E-state index in [0.29, 0.717) is 22.6 Å². The van der Waals surface area contributed by atoms with Crippen LogP contribution in [0.15, 0.2) is 39.7 Å². The number of ketones is 1. The Morgan fingerprint density at radius 3 is 2.57 bits per heavy atom. The van der Waals surface area contributed by atoms with Gasteiger partial charge in [0.2, 0.25) is 0 Å². The smallest absolute Gasteiger partial charge is 0.410 e. The zero-order valence-electron chi connectivity index (χ0n) is 19.6.